The summed E-state index contributed by atoms with van der Waals surface area (Å²) in [5.41, 5.74) is -4.45. The number of hydrogen-bond donors (Lipinski definition) is 2. The van der Waals surface area contributed by atoms with Gasteiger partial charge in [0, 0.05) is 30.5 Å². The molecule has 284 valence electrons. The lowest BCUT2D eigenvalue weighted by atomic mass is 9.98. The van der Waals surface area contributed by atoms with E-state index in [9.17, 15) is 33.6 Å². The maximum Gasteiger partial charge on any atom is 0.431 e. The lowest BCUT2D eigenvalue weighted by molar-refractivity contribution is -0.260. The Labute approximate surface area is 320 Å². The number of benzene rings is 2. The van der Waals surface area contributed by atoms with Gasteiger partial charge in [-0.3, -0.25) is 28.8 Å². The molecular formula is C33H30Cl2N6O12S. The number of carbonyl (C=O) groups is 7. The Bertz CT molecular complexity index is 1930. The summed E-state index contributed by atoms with van der Waals surface area (Å²) in [7, 11) is 1.12. The van der Waals surface area contributed by atoms with E-state index in [4.69, 9.17) is 47.3 Å². The summed E-state index contributed by atoms with van der Waals surface area (Å²) in [5.74, 6) is -6.34. The van der Waals surface area contributed by atoms with Crippen LogP contribution in [-0.4, -0.2) is 99.3 Å². The third-order valence-corrected chi connectivity index (χ3v) is 9.18. The van der Waals surface area contributed by atoms with Crippen molar-refractivity contribution in [3.05, 3.63) is 82.9 Å². The van der Waals surface area contributed by atoms with E-state index in [0.29, 0.717) is 16.2 Å². The molecule has 0 spiro atoms. The van der Waals surface area contributed by atoms with Crippen LogP contribution in [0.2, 0.25) is 0 Å². The number of ether oxygens (including phenoxy) is 3. The van der Waals surface area contributed by atoms with Gasteiger partial charge in [0.25, 0.3) is 11.8 Å². The van der Waals surface area contributed by atoms with Gasteiger partial charge in [0.15, 0.2) is 22.5 Å². The number of halogens is 2. The molecule has 5 amide bonds. The van der Waals surface area contributed by atoms with E-state index in [1.54, 1.807) is 60.7 Å². The van der Waals surface area contributed by atoms with Crippen molar-refractivity contribution in [2.24, 2.45) is 5.16 Å². The van der Waals surface area contributed by atoms with Crippen LogP contribution in [0.15, 0.2) is 71.2 Å². The maximum absolute atomic E-state index is 14.5. The van der Waals surface area contributed by atoms with Gasteiger partial charge in [0.05, 0.1) is 6.42 Å². The first-order chi connectivity index (χ1) is 25.8. The first-order valence-electron chi connectivity index (χ1n) is 15.7. The molecular weight excluding hydrogens is 775 g/mol. The third kappa shape index (κ3) is 8.44. The van der Waals surface area contributed by atoms with Crippen LogP contribution in [0.4, 0.5) is 9.93 Å². The molecule has 2 aliphatic heterocycles. The van der Waals surface area contributed by atoms with E-state index in [1.807, 2.05) is 0 Å². The lowest BCUT2D eigenvalue weighted by Crippen LogP contribution is -2.64. The highest BCUT2D eigenvalue weighted by Crippen LogP contribution is 2.39. The minimum Gasteiger partial charge on any atom is -0.448 e. The summed E-state index contributed by atoms with van der Waals surface area (Å²) in [6, 6.07) is 17.3. The minimum absolute atomic E-state index is 0.0431. The molecule has 3 heterocycles. The van der Waals surface area contributed by atoms with Gasteiger partial charge in [-0.1, -0.05) is 65.8 Å². The molecule has 0 saturated carbocycles. The first kappa shape index (κ1) is 39.6. The van der Waals surface area contributed by atoms with Crippen LogP contribution < -0.4 is 10.6 Å². The summed E-state index contributed by atoms with van der Waals surface area (Å²) >= 11 is 12.2. The Kier molecular flexibility index (Phi) is 12.5. The number of alkyl halides is 1. The fraction of sp³-hybridized carbons (Fsp3) is 0.303. The molecule has 1 aromatic heterocycles. The Hall–Kier alpha value is -5.63. The second-order valence-electron chi connectivity index (χ2n) is 11.5. The van der Waals surface area contributed by atoms with Crippen LogP contribution in [0.5, 0.6) is 0 Å². The Morgan fingerprint density at radius 2 is 1.72 bits per heavy atom. The Morgan fingerprint density at radius 3 is 2.28 bits per heavy atom. The molecule has 18 nitrogen and oxygen atoms in total. The summed E-state index contributed by atoms with van der Waals surface area (Å²) in [5, 5.41) is 10.4. The standard InChI is InChI=1S/C33H30Cl2N6O12S/c1-19(42)40(35)31(48)50-17-32(38-27(45)25(39-49-2)22-16-54-30(36-22)37-23(43)15-34)18-51-41(28(32)46)33(14-13-24(44)53-33)29(47)52-26(20-9-5-3-6-10-20)21-11-7-4-8-12-21/h3-12,16,26H,13-15,17-18H2,1-2H3,(H,38,45)(H,36,37,43)/b39-25-. The summed E-state index contributed by atoms with van der Waals surface area (Å²) in [6.45, 7) is -0.896. The molecule has 54 heavy (non-hydrogen) atoms. The number of hydroxylamine groups is 2. The largest absolute Gasteiger partial charge is 0.448 e. The monoisotopic (exact) mass is 804 g/mol. The molecule has 5 rings (SSSR count). The van der Waals surface area contributed by atoms with Gasteiger partial charge < -0.3 is 29.7 Å². The number of nitrogens with one attached hydrogen (secondary N) is 2. The van der Waals surface area contributed by atoms with Crippen LogP contribution in [0.3, 0.4) is 0 Å². The van der Waals surface area contributed by atoms with Gasteiger partial charge in [0.2, 0.25) is 11.8 Å². The average molecular weight is 806 g/mol. The number of carbonyl (C=O) groups excluding carboxylic acids is 7. The molecule has 2 aliphatic rings. The van der Waals surface area contributed by atoms with Gasteiger partial charge >= 0.3 is 23.8 Å². The predicted octanol–water partition coefficient (Wildman–Crippen LogP) is 2.80. The molecule has 2 saturated heterocycles. The van der Waals surface area contributed by atoms with Crippen molar-refractivity contribution in [2.75, 3.05) is 31.5 Å². The smallest absolute Gasteiger partial charge is 0.431 e. The first-order valence-corrected chi connectivity index (χ1v) is 17.5. The second kappa shape index (κ2) is 17.0. The number of hydrogen-bond acceptors (Lipinski definition) is 15. The van der Waals surface area contributed by atoms with E-state index in [-0.39, 0.29) is 27.5 Å². The zero-order valence-corrected chi connectivity index (χ0v) is 30.6. The molecule has 2 fully saturated rings. The Morgan fingerprint density at radius 1 is 1.07 bits per heavy atom. The molecule has 2 unspecified atom stereocenters. The normalized spacial score (nSPS) is 19.6. The van der Waals surface area contributed by atoms with Crippen molar-refractivity contribution in [3.63, 3.8) is 0 Å². The van der Waals surface area contributed by atoms with Crippen molar-refractivity contribution >= 4 is 87.2 Å². The van der Waals surface area contributed by atoms with E-state index in [1.165, 1.54) is 5.38 Å². The molecule has 3 aromatic rings. The molecule has 2 N–H and O–H groups in total. The zero-order valence-electron chi connectivity index (χ0n) is 28.3. The average Bonchev–Trinajstić information content (AvgIpc) is 3.89. The topological polar surface area (TPSA) is 221 Å². The zero-order chi connectivity index (χ0) is 39.0. The summed E-state index contributed by atoms with van der Waals surface area (Å²) in [4.78, 5) is 106. The fourth-order valence-corrected chi connectivity index (χ4v) is 6.06. The van der Waals surface area contributed by atoms with E-state index in [2.05, 4.69) is 20.8 Å². The number of anilines is 1. The number of aromatic nitrogens is 1. The third-order valence-electron chi connectivity index (χ3n) is 7.80. The van der Waals surface area contributed by atoms with Crippen molar-refractivity contribution < 1.29 is 57.4 Å². The highest BCUT2D eigenvalue weighted by Gasteiger charge is 2.65. The van der Waals surface area contributed by atoms with Gasteiger partial charge in [-0.25, -0.2) is 14.6 Å². The van der Waals surface area contributed by atoms with Crippen LogP contribution in [0.1, 0.15) is 42.7 Å². The molecule has 0 bridgehead atoms. The quantitative estimate of drug-likeness (QED) is 0.0635. The molecule has 21 heteroatoms. The van der Waals surface area contributed by atoms with Crippen molar-refractivity contribution in [1.29, 1.82) is 0 Å². The molecule has 2 aromatic carbocycles. The maximum atomic E-state index is 14.5. The number of nitrogens with zero attached hydrogens (tertiary/aromatic N) is 4. The lowest BCUT2D eigenvalue weighted by Gasteiger charge is -2.35. The van der Waals surface area contributed by atoms with Crippen molar-refractivity contribution in [2.45, 2.75) is 37.1 Å². The van der Waals surface area contributed by atoms with E-state index >= 15 is 0 Å². The van der Waals surface area contributed by atoms with Crippen LogP contribution in [0, 0.1) is 0 Å². The summed E-state index contributed by atoms with van der Waals surface area (Å²) in [6.07, 6.45) is -3.23. The fourth-order valence-electron chi connectivity index (χ4n) is 5.24. The van der Waals surface area contributed by atoms with Crippen LogP contribution >= 0.6 is 34.7 Å². The SMILES string of the molecule is CO/N=C(\C(=O)NC1(COC(=O)N(Cl)C(C)=O)CON(C2(C(=O)OC(c3ccccc3)c3ccccc3)CCC(=O)O2)C1=O)c1csc(NC(=O)CCl)n1. The van der Waals surface area contributed by atoms with Crippen LogP contribution in [-0.2, 0) is 52.7 Å². The van der Waals surface area contributed by atoms with Crippen molar-refractivity contribution in [1.82, 2.24) is 19.8 Å². The van der Waals surface area contributed by atoms with Crippen LogP contribution in [0.25, 0.3) is 0 Å². The predicted molar refractivity (Wildman–Crippen MR) is 187 cm³/mol. The number of cyclic esters (lactones) is 1. The highest BCUT2D eigenvalue weighted by molar-refractivity contribution is 7.14. The molecule has 2 atom stereocenters. The number of rotatable bonds is 13. The minimum atomic E-state index is -2.52. The Balaban J connectivity index is 1.49. The molecule has 0 aliphatic carbocycles. The summed E-state index contributed by atoms with van der Waals surface area (Å²) < 4.78 is 16.7. The van der Waals surface area contributed by atoms with Gasteiger partial charge in [-0.05, 0) is 11.1 Å². The van der Waals surface area contributed by atoms with E-state index < -0.39 is 84.4 Å². The number of oxime groups is 1. The second-order valence-corrected chi connectivity index (χ2v) is 12.9. The highest BCUT2D eigenvalue weighted by atomic mass is 35.5. The van der Waals surface area contributed by atoms with Gasteiger partial charge in [0.1, 0.15) is 31.9 Å². The number of esters is 2. The number of amides is 5. The number of thiazole rings is 1. The molecule has 0 radical (unpaired) electrons. The van der Waals surface area contributed by atoms with Gasteiger partial charge in [-0.2, -0.15) is 9.48 Å². The van der Waals surface area contributed by atoms with E-state index in [0.717, 1.165) is 25.4 Å². The van der Waals surface area contributed by atoms with Gasteiger partial charge in [-0.15, -0.1) is 22.9 Å². The number of imide groups is 1. The van der Waals surface area contributed by atoms with Crippen molar-refractivity contribution in [3.8, 4) is 0 Å².